The van der Waals surface area contributed by atoms with E-state index in [1.54, 1.807) is 12.3 Å². The Balaban J connectivity index is 2.82. The van der Waals surface area contributed by atoms with E-state index < -0.39 is 0 Å². The van der Waals surface area contributed by atoms with Crippen molar-refractivity contribution in [1.82, 2.24) is 14.8 Å². The van der Waals surface area contributed by atoms with Gasteiger partial charge in [-0.15, -0.1) is 0 Å². The highest BCUT2D eigenvalue weighted by molar-refractivity contribution is 5.79. The topological polar surface area (TPSA) is 31.7 Å². The van der Waals surface area contributed by atoms with Gasteiger partial charge in [0, 0.05) is 34.4 Å². The first kappa shape index (κ1) is 12.4. The summed E-state index contributed by atoms with van der Waals surface area (Å²) >= 11 is 0. The van der Waals surface area contributed by atoms with E-state index in [0.717, 1.165) is 5.96 Å². The van der Waals surface area contributed by atoms with E-state index in [2.05, 4.69) is 9.98 Å². The van der Waals surface area contributed by atoms with Gasteiger partial charge < -0.3 is 9.80 Å². The fourth-order valence-electron chi connectivity index (χ4n) is 1.36. The highest BCUT2D eigenvalue weighted by Gasteiger charge is 2.06. The van der Waals surface area contributed by atoms with Gasteiger partial charge in [0.25, 0.3) is 0 Å². The van der Waals surface area contributed by atoms with E-state index in [4.69, 9.17) is 0 Å². The van der Waals surface area contributed by atoms with Gasteiger partial charge in [-0.1, -0.05) is 0 Å². The van der Waals surface area contributed by atoms with Crippen LogP contribution in [0.2, 0.25) is 0 Å². The molecule has 0 bridgehead atoms. The van der Waals surface area contributed by atoms with Gasteiger partial charge in [0.05, 0.1) is 12.2 Å². The average Bonchev–Trinajstić information content (AvgIpc) is 2.20. The number of hydrogen-bond donors (Lipinski definition) is 0. The molecule has 88 valence electrons. The summed E-state index contributed by atoms with van der Waals surface area (Å²) in [5, 5.41) is 0. The van der Waals surface area contributed by atoms with Crippen molar-refractivity contribution in [2.45, 2.75) is 6.54 Å². The third kappa shape index (κ3) is 3.18. The lowest BCUT2D eigenvalue weighted by Crippen LogP contribution is -2.35. The molecule has 0 atom stereocenters. The van der Waals surface area contributed by atoms with Crippen molar-refractivity contribution in [3.8, 4) is 0 Å². The van der Waals surface area contributed by atoms with Crippen LogP contribution in [-0.2, 0) is 6.54 Å². The van der Waals surface area contributed by atoms with Gasteiger partial charge in [0.2, 0.25) is 0 Å². The minimum Gasteiger partial charge on any atom is -0.349 e. The van der Waals surface area contributed by atoms with Crippen molar-refractivity contribution in [3.63, 3.8) is 0 Å². The van der Waals surface area contributed by atoms with Crippen LogP contribution in [0.25, 0.3) is 0 Å². The summed E-state index contributed by atoms with van der Waals surface area (Å²) in [6.07, 6.45) is 1.57. The molecular formula is C11H17FN4. The summed E-state index contributed by atoms with van der Waals surface area (Å²) in [6.45, 7) is 0.248. The second-order valence-electron chi connectivity index (χ2n) is 3.84. The minimum absolute atomic E-state index is 0.248. The van der Waals surface area contributed by atoms with Crippen molar-refractivity contribution in [3.05, 3.63) is 29.8 Å². The van der Waals surface area contributed by atoms with Gasteiger partial charge in [0.1, 0.15) is 5.82 Å². The first-order chi connectivity index (χ1) is 7.52. The quantitative estimate of drug-likeness (QED) is 0.559. The van der Waals surface area contributed by atoms with Crippen LogP contribution in [0.4, 0.5) is 4.39 Å². The standard InChI is InChI=1S/C11H17FN4/c1-15(2)11(16(3)4)14-8-10-9(12)6-5-7-13-10/h5-7H,8H2,1-4H3. The summed E-state index contributed by atoms with van der Waals surface area (Å²) in [4.78, 5) is 12.0. The summed E-state index contributed by atoms with van der Waals surface area (Å²) < 4.78 is 13.3. The molecule has 1 rings (SSSR count). The number of guanidine groups is 1. The third-order valence-corrected chi connectivity index (χ3v) is 2.00. The molecule has 0 N–H and O–H groups in total. The maximum atomic E-state index is 13.3. The van der Waals surface area contributed by atoms with Crippen LogP contribution in [0.3, 0.4) is 0 Å². The molecule has 0 fully saturated rings. The molecule has 0 saturated heterocycles. The van der Waals surface area contributed by atoms with Crippen molar-refractivity contribution < 1.29 is 4.39 Å². The molecule has 1 aromatic heterocycles. The number of aliphatic imine (C=N–C) groups is 1. The smallest absolute Gasteiger partial charge is 0.195 e. The third-order valence-electron chi connectivity index (χ3n) is 2.00. The zero-order chi connectivity index (χ0) is 12.1. The van der Waals surface area contributed by atoms with Crippen molar-refractivity contribution in [2.24, 2.45) is 4.99 Å². The van der Waals surface area contributed by atoms with Crippen molar-refractivity contribution in [2.75, 3.05) is 28.2 Å². The summed E-state index contributed by atoms with van der Waals surface area (Å²) in [7, 11) is 7.59. The molecule has 5 heteroatoms. The van der Waals surface area contributed by atoms with Gasteiger partial charge in [0.15, 0.2) is 5.96 Å². The van der Waals surface area contributed by atoms with Crippen molar-refractivity contribution in [1.29, 1.82) is 0 Å². The second-order valence-corrected chi connectivity index (χ2v) is 3.84. The van der Waals surface area contributed by atoms with Crippen LogP contribution in [0, 0.1) is 5.82 Å². The number of hydrogen-bond acceptors (Lipinski definition) is 2. The van der Waals surface area contributed by atoms with E-state index in [1.807, 2.05) is 38.0 Å². The molecule has 0 aromatic carbocycles. The van der Waals surface area contributed by atoms with Gasteiger partial charge in [-0.3, -0.25) is 4.98 Å². The molecule has 0 amide bonds. The molecule has 0 unspecified atom stereocenters. The van der Waals surface area contributed by atoms with Crippen LogP contribution in [0.15, 0.2) is 23.3 Å². The normalized spacial score (nSPS) is 9.81. The molecule has 0 aliphatic carbocycles. The molecule has 1 aromatic rings. The molecule has 16 heavy (non-hydrogen) atoms. The van der Waals surface area contributed by atoms with Crippen LogP contribution in [0.1, 0.15) is 5.69 Å². The number of pyridine rings is 1. The monoisotopic (exact) mass is 224 g/mol. The number of aromatic nitrogens is 1. The van der Waals surface area contributed by atoms with E-state index >= 15 is 0 Å². The predicted molar refractivity (Wildman–Crippen MR) is 62.7 cm³/mol. The zero-order valence-corrected chi connectivity index (χ0v) is 10.1. The lowest BCUT2D eigenvalue weighted by atomic mass is 10.3. The van der Waals surface area contributed by atoms with Crippen LogP contribution >= 0.6 is 0 Å². The molecule has 0 saturated carbocycles. The Kier molecular flexibility index (Phi) is 4.22. The predicted octanol–water partition coefficient (Wildman–Crippen LogP) is 1.20. The van der Waals surface area contributed by atoms with Gasteiger partial charge in [-0.25, -0.2) is 9.38 Å². The second kappa shape index (κ2) is 5.44. The van der Waals surface area contributed by atoms with Gasteiger partial charge in [-0.05, 0) is 12.1 Å². The van der Waals surface area contributed by atoms with Gasteiger partial charge in [-0.2, -0.15) is 0 Å². The number of nitrogens with zero attached hydrogens (tertiary/aromatic N) is 4. The largest absolute Gasteiger partial charge is 0.349 e. The minimum atomic E-state index is -0.317. The van der Waals surface area contributed by atoms with E-state index in [0.29, 0.717) is 5.69 Å². The highest BCUT2D eigenvalue weighted by atomic mass is 19.1. The Morgan fingerprint density at radius 3 is 2.44 bits per heavy atom. The zero-order valence-electron chi connectivity index (χ0n) is 10.1. The van der Waals surface area contributed by atoms with Crippen molar-refractivity contribution >= 4 is 5.96 Å². The van der Waals surface area contributed by atoms with Crippen LogP contribution in [-0.4, -0.2) is 48.9 Å². The summed E-state index contributed by atoms with van der Waals surface area (Å²) in [5.41, 5.74) is 0.365. The fourth-order valence-corrected chi connectivity index (χ4v) is 1.36. The molecular weight excluding hydrogens is 207 g/mol. The molecule has 0 radical (unpaired) electrons. The Hall–Kier alpha value is -1.65. The maximum Gasteiger partial charge on any atom is 0.195 e. The number of rotatable bonds is 2. The molecule has 0 spiro atoms. The SMILES string of the molecule is CN(C)C(=NCc1ncccc1F)N(C)C. The Labute approximate surface area is 95.4 Å². The molecule has 0 aliphatic heterocycles. The molecule has 4 nitrogen and oxygen atoms in total. The van der Waals surface area contributed by atoms with Crippen LogP contribution in [0.5, 0.6) is 0 Å². The first-order valence-corrected chi connectivity index (χ1v) is 5.01. The van der Waals surface area contributed by atoms with E-state index in [1.165, 1.54) is 6.07 Å². The van der Waals surface area contributed by atoms with Gasteiger partial charge >= 0.3 is 0 Å². The maximum absolute atomic E-state index is 13.3. The molecule has 1 heterocycles. The first-order valence-electron chi connectivity index (χ1n) is 5.01. The lowest BCUT2D eigenvalue weighted by Gasteiger charge is -2.22. The lowest BCUT2D eigenvalue weighted by molar-refractivity contribution is 0.478. The van der Waals surface area contributed by atoms with E-state index in [-0.39, 0.29) is 12.4 Å². The molecule has 0 aliphatic rings. The Bertz CT molecular complexity index is 364. The Morgan fingerprint density at radius 1 is 1.31 bits per heavy atom. The summed E-state index contributed by atoms with van der Waals surface area (Å²) in [5.74, 6) is 0.466. The number of halogens is 1. The van der Waals surface area contributed by atoms with Crippen LogP contribution < -0.4 is 0 Å². The highest BCUT2D eigenvalue weighted by Crippen LogP contribution is 2.04. The van der Waals surface area contributed by atoms with E-state index in [9.17, 15) is 4.39 Å². The Morgan fingerprint density at radius 2 is 1.94 bits per heavy atom. The fraction of sp³-hybridized carbons (Fsp3) is 0.455. The summed E-state index contributed by atoms with van der Waals surface area (Å²) in [6, 6.07) is 2.96. The average molecular weight is 224 g/mol.